The third-order valence-corrected chi connectivity index (χ3v) is 2.81. The number of methoxy groups -OCH3 is 1. The Bertz CT molecular complexity index is 264. The van der Waals surface area contributed by atoms with Crippen LogP contribution >= 0.6 is 0 Å². The molecule has 17 heavy (non-hydrogen) atoms. The molecule has 0 aliphatic carbocycles. The summed E-state index contributed by atoms with van der Waals surface area (Å²) in [6.45, 7) is 7.85. The first-order valence-electron chi connectivity index (χ1n) is 5.93. The van der Waals surface area contributed by atoms with Crippen LogP contribution in [-0.2, 0) is 14.3 Å². The van der Waals surface area contributed by atoms with E-state index in [1.165, 1.54) is 7.11 Å². The number of carbonyl (C=O) groups excluding carboxylic acids is 2. The molecule has 0 spiro atoms. The maximum atomic E-state index is 12.0. The molecule has 0 saturated heterocycles. The van der Waals surface area contributed by atoms with E-state index in [0.29, 0.717) is 0 Å². The summed E-state index contributed by atoms with van der Waals surface area (Å²) in [5.41, 5.74) is 5.56. The number of hydrogen-bond donors (Lipinski definition) is 2. The van der Waals surface area contributed by atoms with Crippen LogP contribution in [0.25, 0.3) is 0 Å². The molecule has 1 unspecified atom stereocenters. The molecule has 100 valence electrons. The fourth-order valence-corrected chi connectivity index (χ4v) is 1.57. The van der Waals surface area contributed by atoms with Gasteiger partial charge in [0.05, 0.1) is 13.0 Å². The highest BCUT2D eigenvalue weighted by molar-refractivity contribution is 5.86. The van der Waals surface area contributed by atoms with E-state index in [9.17, 15) is 9.59 Å². The molecule has 3 N–H and O–H groups in total. The van der Waals surface area contributed by atoms with Crippen molar-refractivity contribution < 1.29 is 14.3 Å². The van der Waals surface area contributed by atoms with Crippen molar-refractivity contribution in [1.29, 1.82) is 0 Å². The van der Waals surface area contributed by atoms with E-state index in [-0.39, 0.29) is 30.2 Å². The molecule has 0 saturated carbocycles. The van der Waals surface area contributed by atoms with Gasteiger partial charge in [0.25, 0.3) is 0 Å². The van der Waals surface area contributed by atoms with Crippen molar-refractivity contribution in [2.24, 2.45) is 23.5 Å². The smallest absolute Gasteiger partial charge is 0.328 e. The lowest BCUT2D eigenvalue weighted by Gasteiger charge is -2.24. The number of rotatable bonds is 6. The minimum Gasteiger partial charge on any atom is -0.467 e. The third-order valence-electron chi connectivity index (χ3n) is 2.81. The lowest BCUT2D eigenvalue weighted by Crippen LogP contribution is -2.49. The van der Waals surface area contributed by atoms with E-state index in [1.54, 1.807) is 0 Å². The number of carbonyl (C=O) groups is 2. The van der Waals surface area contributed by atoms with Crippen LogP contribution in [0.3, 0.4) is 0 Å². The fourth-order valence-electron chi connectivity index (χ4n) is 1.57. The van der Waals surface area contributed by atoms with E-state index in [4.69, 9.17) is 5.73 Å². The van der Waals surface area contributed by atoms with Gasteiger partial charge < -0.3 is 15.8 Å². The fraction of sp³-hybridized carbons (Fsp3) is 0.833. The molecule has 5 heteroatoms. The van der Waals surface area contributed by atoms with Gasteiger partial charge >= 0.3 is 5.97 Å². The van der Waals surface area contributed by atoms with Crippen molar-refractivity contribution in [2.75, 3.05) is 13.7 Å². The van der Waals surface area contributed by atoms with Gasteiger partial charge in [0.2, 0.25) is 5.91 Å². The largest absolute Gasteiger partial charge is 0.467 e. The van der Waals surface area contributed by atoms with E-state index >= 15 is 0 Å². The van der Waals surface area contributed by atoms with Crippen LogP contribution in [0.2, 0.25) is 0 Å². The molecule has 0 rings (SSSR count). The number of nitrogens with two attached hydrogens (primary N) is 1. The number of hydrogen-bond acceptors (Lipinski definition) is 4. The predicted octanol–water partition coefficient (Wildman–Crippen LogP) is 0.531. The maximum Gasteiger partial charge on any atom is 0.328 e. The van der Waals surface area contributed by atoms with Gasteiger partial charge in [-0.25, -0.2) is 4.79 Å². The minimum absolute atomic E-state index is 0.0167. The van der Waals surface area contributed by atoms with Crippen molar-refractivity contribution in [1.82, 2.24) is 5.32 Å². The summed E-state index contributed by atoms with van der Waals surface area (Å²) < 4.78 is 4.66. The Hall–Kier alpha value is -1.10. The van der Waals surface area contributed by atoms with E-state index < -0.39 is 12.0 Å². The van der Waals surface area contributed by atoms with E-state index in [2.05, 4.69) is 10.1 Å². The summed E-state index contributed by atoms with van der Waals surface area (Å²) in [5.74, 6) is -0.761. The van der Waals surface area contributed by atoms with Gasteiger partial charge in [-0.3, -0.25) is 4.79 Å². The molecule has 0 bridgehead atoms. The Labute approximate surface area is 103 Å². The van der Waals surface area contributed by atoms with Gasteiger partial charge in [-0.15, -0.1) is 0 Å². The topological polar surface area (TPSA) is 81.4 Å². The van der Waals surface area contributed by atoms with Crippen LogP contribution in [0, 0.1) is 17.8 Å². The molecule has 0 aromatic heterocycles. The molecule has 5 nitrogen and oxygen atoms in total. The van der Waals surface area contributed by atoms with Crippen molar-refractivity contribution >= 4 is 11.9 Å². The second-order valence-corrected chi connectivity index (χ2v) is 4.84. The molecule has 0 aliphatic heterocycles. The zero-order valence-corrected chi connectivity index (χ0v) is 11.3. The first-order valence-corrected chi connectivity index (χ1v) is 5.93. The summed E-state index contributed by atoms with van der Waals surface area (Å²) in [6.07, 6.45) is 0. The van der Waals surface area contributed by atoms with Gasteiger partial charge in [0.15, 0.2) is 0 Å². The van der Waals surface area contributed by atoms with Crippen molar-refractivity contribution in [3.63, 3.8) is 0 Å². The Morgan fingerprint density at radius 3 is 2.00 bits per heavy atom. The minimum atomic E-state index is -0.611. The Morgan fingerprint density at radius 1 is 1.18 bits per heavy atom. The summed E-state index contributed by atoms with van der Waals surface area (Å²) >= 11 is 0. The van der Waals surface area contributed by atoms with Crippen molar-refractivity contribution in [3.05, 3.63) is 0 Å². The van der Waals surface area contributed by atoms with Gasteiger partial charge in [-0.05, 0) is 11.8 Å². The number of nitrogens with one attached hydrogen (secondary N) is 1. The predicted molar refractivity (Wildman–Crippen MR) is 66.2 cm³/mol. The zero-order valence-electron chi connectivity index (χ0n) is 11.3. The molecular formula is C12H24N2O3. The van der Waals surface area contributed by atoms with Gasteiger partial charge in [0, 0.05) is 6.54 Å². The molecule has 0 radical (unpaired) electrons. The third kappa shape index (κ3) is 4.73. The van der Waals surface area contributed by atoms with Gasteiger partial charge in [0.1, 0.15) is 6.04 Å². The number of amides is 1. The molecule has 0 fully saturated rings. The summed E-state index contributed by atoms with van der Waals surface area (Å²) in [4.78, 5) is 23.5. The Kier molecular flexibility index (Phi) is 6.80. The highest BCUT2D eigenvalue weighted by Gasteiger charge is 2.28. The van der Waals surface area contributed by atoms with Crippen LogP contribution in [-0.4, -0.2) is 31.6 Å². The van der Waals surface area contributed by atoms with Crippen LogP contribution in [0.5, 0.6) is 0 Å². The average Bonchev–Trinajstić information content (AvgIpc) is 2.24. The second-order valence-electron chi connectivity index (χ2n) is 4.84. The average molecular weight is 244 g/mol. The van der Waals surface area contributed by atoms with E-state index in [0.717, 1.165) is 0 Å². The first kappa shape index (κ1) is 15.9. The lowest BCUT2D eigenvalue weighted by molar-refractivity contribution is -0.147. The Morgan fingerprint density at radius 2 is 1.71 bits per heavy atom. The standard InChI is InChI=1S/C12H24N2O3/c1-7(2)9(6-13)11(15)14-10(8(3)4)12(16)17-5/h7-10H,6,13H2,1-5H3,(H,14,15)/t9?,10-/m0/s1. The van der Waals surface area contributed by atoms with Crippen molar-refractivity contribution in [3.8, 4) is 0 Å². The zero-order chi connectivity index (χ0) is 13.6. The first-order chi connectivity index (χ1) is 7.84. The molecule has 0 aliphatic rings. The summed E-state index contributed by atoms with van der Waals surface area (Å²) in [6, 6.07) is -0.611. The molecule has 1 amide bonds. The molecule has 2 atom stereocenters. The SMILES string of the molecule is COC(=O)[C@@H](NC(=O)C(CN)C(C)C)C(C)C. The van der Waals surface area contributed by atoms with Crippen LogP contribution in [0.15, 0.2) is 0 Å². The summed E-state index contributed by atoms with van der Waals surface area (Å²) in [7, 11) is 1.31. The van der Waals surface area contributed by atoms with Crippen LogP contribution < -0.4 is 11.1 Å². The maximum absolute atomic E-state index is 12.0. The highest BCUT2D eigenvalue weighted by atomic mass is 16.5. The molecule has 0 aromatic carbocycles. The van der Waals surface area contributed by atoms with Gasteiger partial charge in [-0.2, -0.15) is 0 Å². The summed E-state index contributed by atoms with van der Waals surface area (Å²) in [5, 5.41) is 2.71. The monoisotopic (exact) mass is 244 g/mol. The number of esters is 1. The molecule has 0 aromatic rings. The molecule has 0 heterocycles. The molecular weight excluding hydrogens is 220 g/mol. The van der Waals surface area contributed by atoms with Crippen molar-refractivity contribution in [2.45, 2.75) is 33.7 Å². The number of ether oxygens (including phenoxy) is 1. The second kappa shape index (κ2) is 7.27. The Balaban J connectivity index is 4.65. The van der Waals surface area contributed by atoms with Gasteiger partial charge in [-0.1, -0.05) is 27.7 Å². The van der Waals surface area contributed by atoms with E-state index in [1.807, 2.05) is 27.7 Å². The lowest BCUT2D eigenvalue weighted by atomic mass is 9.94. The normalized spacial score (nSPS) is 14.6. The quantitative estimate of drug-likeness (QED) is 0.668. The van der Waals surface area contributed by atoms with Crippen LogP contribution in [0.4, 0.5) is 0 Å². The van der Waals surface area contributed by atoms with Crippen LogP contribution in [0.1, 0.15) is 27.7 Å². The highest BCUT2D eigenvalue weighted by Crippen LogP contribution is 2.11.